The lowest BCUT2D eigenvalue weighted by molar-refractivity contribution is -0.116. The van der Waals surface area contributed by atoms with E-state index in [1.165, 1.54) is 5.56 Å². The van der Waals surface area contributed by atoms with E-state index in [1.807, 2.05) is 25.4 Å². The summed E-state index contributed by atoms with van der Waals surface area (Å²) in [6.07, 6.45) is 6.50. The lowest BCUT2D eigenvalue weighted by Crippen LogP contribution is -2.34. The van der Waals surface area contributed by atoms with Crippen molar-refractivity contribution in [3.05, 3.63) is 54.1 Å². The Balaban J connectivity index is 1.78. The van der Waals surface area contributed by atoms with E-state index in [-0.39, 0.29) is 5.91 Å². The van der Waals surface area contributed by atoms with Gasteiger partial charge in [-0.1, -0.05) is 6.07 Å². The highest BCUT2D eigenvalue weighted by molar-refractivity contribution is 5.90. The summed E-state index contributed by atoms with van der Waals surface area (Å²) in [5.41, 5.74) is 3.06. The minimum atomic E-state index is 0.00562. The van der Waals surface area contributed by atoms with Crippen LogP contribution in [0, 0.1) is 6.92 Å². The predicted octanol–water partition coefficient (Wildman–Crippen LogP) is 2.68. The minimum Gasteiger partial charge on any atom is -0.325 e. The Morgan fingerprint density at radius 3 is 2.78 bits per heavy atom. The maximum absolute atomic E-state index is 12.0. The molecule has 2 heterocycles. The lowest BCUT2D eigenvalue weighted by atomic mass is 10.1. The average molecular weight is 312 g/mol. The molecule has 0 unspecified atom stereocenters. The van der Waals surface area contributed by atoms with Gasteiger partial charge in [0, 0.05) is 43.5 Å². The van der Waals surface area contributed by atoms with Crippen LogP contribution in [0.2, 0.25) is 0 Å². The summed E-state index contributed by atoms with van der Waals surface area (Å²) in [6.45, 7) is 4.95. The van der Waals surface area contributed by atoms with Gasteiger partial charge in [0.25, 0.3) is 0 Å². The molecule has 0 fully saturated rings. The highest BCUT2D eigenvalue weighted by Gasteiger charge is 2.13. The molecular weight excluding hydrogens is 288 g/mol. The second-order valence-electron chi connectivity index (χ2n) is 5.84. The van der Waals surface area contributed by atoms with E-state index >= 15 is 0 Å². The standard InChI is InChI=1S/C18H24N4O/c1-14-6-4-10-20-17(14)12-15(2)22(3)11-8-18(23)21-16-7-5-9-19-13-16/h4-7,9-10,13,15H,8,11-12H2,1-3H3,(H,21,23)/t15-/m0/s1. The molecule has 2 rings (SSSR count). The Kier molecular flexibility index (Phi) is 6.23. The smallest absolute Gasteiger partial charge is 0.225 e. The number of hydrogen-bond donors (Lipinski definition) is 1. The number of aromatic nitrogens is 2. The van der Waals surface area contributed by atoms with Crippen LogP contribution in [-0.2, 0) is 11.2 Å². The van der Waals surface area contributed by atoms with Crippen LogP contribution in [0.25, 0.3) is 0 Å². The van der Waals surface area contributed by atoms with E-state index in [0.29, 0.717) is 19.0 Å². The molecule has 2 aromatic rings. The van der Waals surface area contributed by atoms with Crippen molar-refractivity contribution in [2.75, 3.05) is 18.9 Å². The van der Waals surface area contributed by atoms with Crippen LogP contribution in [-0.4, -0.2) is 40.4 Å². The number of likely N-dealkylation sites (N-methyl/N-ethyl adjacent to an activating group) is 1. The number of amides is 1. The Labute approximate surface area is 137 Å². The van der Waals surface area contributed by atoms with Gasteiger partial charge in [-0.25, -0.2) is 0 Å². The topological polar surface area (TPSA) is 58.1 Å². The van der Waals surface area contributed by atoms with E-state index in [2.05, 4.69) is 40.1 Å². The van der Waals surface area contributed by atoms with Crippen molar-refractivity contribution in [3.8, 4) is 0 Å². The Bertz CT molecular complexity index is 630. The molecule has 0 bridgehead atoms. The van der Waals surface area contributed by atoms with Gasteiger partial charge in [0.05, 0.1) is 11.9 Å². The second kappa shape index (κ2) is 8.39. The number of hydrogen-bond acceptors (Lipinski definition) is 4. The van der Waals surface area contributed by atoms with Gasteiger partial charge >= 0.3 is 0 Å². The monoisotopic (exact) mass is 312 g/mol. The van der Waals surface area contributed by atoms with Crippen molar-refractivity contribution in [1.82, 2.24) is 14.9 Å². The maximum Gasteiger partial charge on any atom is 0.225 e. The van der Waals surface area contributed by atoms with Crippen molar-refractivity contribution >= 4 is 11.6 Å². The molecule has 0 saturated carbocycles. The van der Waals surface area contributed by atoms with Gasteiger partial charge in [0.1, 0.15) is 0 Å². The molecule has 0 spiro atoms. The van der Waals surface area contributed by atoms with Crippen LogP contribution in [0.5, 0.6) is 0 Å². The van der Waals surface area contributed by atoms with Crippen molar-refractivity contribution in [3.63, 3.8) is 0 Å². The summed E-state index contributed by atoms with van der Waals surface area (Å²) in [5.74, 6) is 0.00562. The summed E-state index contributed by atoms with van der Waals surface area (Å²) in [6, 6.07) is 8.00. The largest absolute Gasteiger partial charge is 0.325 e. The molecule has 0 saturated heterocycles. The van der Waals surface area contributed by atoms with Gasteiger partial charge in [0.15, 0.2) is 0 Å². The van der Waals surface area contributed by atoms with E-state index in [0.717, 1.165) is 17.8 Å². The van der Waals surface area contributed by atoms with E-state index in [4.69, 9.17) is 0 Å². The molecule has 122 valence electrons. The van der Waals surface area contributed by atoms with Crippen LogP contribution < -0.4 is 5.32 Å². The summed E-state index contributed by atoms with van der Waals surface area (Å²) in [4.78, 5) is 22.6. The van der Waals surface area contributed by atoms with Gasteiger partial charge in [-0.2, -0.15) is 0 Å². The zero-order valence-corrected chi connectivity index (χ0v) is 14.0. The normalized spacial score (nSPS) is 12.2. The Hall–Kier alpha value is -2.27. The summed E-state index contributed by atoms with van der Waals surface area (Å²) in [7, 11) is 2.04. The first-order valence-corrected chi connectivity index (χ1v) is 7.87. The first-order chi connectivity index (χ1) is 11.1. The number of rotatable bonds is 7. The molecule has 1 N–H and O–H groups in total. The van der Waals surface area contributed by atoms with E-state index in [1.54, 1.807) is 18.5 Å². The summed E-state index contributed by atoms with van der Waals surface area (Å²) < 4.78 is 0. The van der Waals surface area contributed by atoms with E-state index < -0.39 is 0 Å². The number of nitrogens with zero attached hydrogens (tertiary/aromatic N) is 3. The number of carbonyl (C=O) groups excluding carboxylic acids is 1. The van der Waals surface area contributed by atoms with Crippen LogP contribution in [0.3, 0.4) is 0 Å². The third-order valence-electron chi connectivity index (χ3n) is 4.00. The zero-order chi connectivity index (χ0) is 16.7. The molecule has 2 aromatic heterocycles. The van der Waals surface area contributed by atoms with Gasteiger partial charge in [-0.15, -0.1) is 0 Å². The highest BCUT2D eigenvalue weighted by atomic mass is 16.1. The first kappa shape index (κ1) is 17.1. The van der Waals surface area contributed by atoms with Crippen molar-refractivity contribution in [2.45, 2.75) is 32.7 Å². The van der Waals surface area contributed by atoms with Crippen molar-refractivity contribution in [2.24, 2.45) is 0 Å². The number of anilines is 1. The molecule has 0 aromatic carbocycles. The Morgan fingerprint density at radius 1 is 1.30 bits per heavy atom. The van der Waals surface area contributed by atoms with Crippen LogP contribution in [0.1, 0.15) is 24.6 Å². The predicted molar refractivity (Wildman–Crippen MR) is 92.3 cm³/mol. The molecule has 5 nitrogen and oxygen atoms in total. The van der Waals surface area contributed by atoms with Gasteiger partial charge < -0.3 is 10.2 Å². The van der Waals surface area contributed by atoms with E-state index in [9.17, 15) is 4.79 Å². The SMILES string of the molecule is Cc1cccnc1C[C@H](C)N(C)CCC(=O)Nc1cccnc1. The number of carbonyl (C=O) groups is 1. The van der Waals surface area contributed by atoms with Crippen LogP contribution in [0.4, 0.5) is 5.69 Å². The average Bonchev–Trinajstić information content (AvgIpc) is 2.55. The van der Waals surface area contributed by atoms with Crippen molar-refractivity contribution in [1.29, 1.82) is 0 Å². The molecular formula is C18H24N4O. The Morgan fingerprint density at radius 2 is 2.09 bits per heavy atom. The number of pyridine rings is 2. The summed E-state index contributed by atoms with van der Waals surface area (Å²) >= 11 is 0. The molecule has 1 amide bonds. The molecule has 23 heavy (non-hydrogen) atoms. The highest BCUT2D eigenvalue weighted by Crippen LogP contribution is 2.10. The van der Waals surface area contributed by atoms with Crippen molar-refractivity contribution < 1.29 is 4.79 Å². The third kappa shape index (κ3) is 5.45. The van der Waals surface area contributed by atoms with Crippen LogP contribution >= 0.6 is 0 Å². The molecule has 0 radical (unpaired) electrons. The molecule has 1 atom stereocenters. The van der Waals surface area contributed by atoms with Gasteiger partial charge in [-0.05, 0) is 44.7 Å². The molecule has 0 aliphatic carbocycles. The van der Waals surface area contributed by atoms with Crippen LogP contribution in [0.15, 0.2) is 42.9 Å². The van der Waals surface area contributed by atoms with Gasteiger partial charge in [-0.3, -0.25) is 14.8 Å². The minimum absolute atomic E-state index is 0.00562. The third-order valence-corrected chi connectivity index (χ3v) is 4.00. The fraction of sp³-hybridized carbons (Fsp3) is 0.389. The maximum atomic E-state index is 12.0. The van der Waals surface area contributed by atoms with Gasteiger partial charge in [0.2, 0.25) is 5.91 Å². The number of aryl methyl sites for hydroxylation is 1. The summed E-state index contributed by atoms with van der Waals surface area (Å²) in [5, 5.41) is 2.85. The second-order valence-corrected chi connectivity index (χ2v) is 5.84. The zero-order valence-electron chi connectivity index (χ0n) is 14.0. The number of nitrogens with one attached hydrogen (secondary N) is 1. The molecule has 5 heteroatoms. The molecule has 0 aliphatic rings. The quantitative estimate of drug-likeness (QED) is 0.854. The fourth-order valence-electron chi connectivity index (χ4n) is 2.33. The fourth-order valence-corrected chi connectivity index (χ4v) is 2.33. The lowest BCUT2D eigenvalue weighted by Gasteiger charge is -2.24. The molecule has 0 aliphatic heterocycles. The first-order valence-electron chi connectivity index (χ1n) is 7.87.